The van der Waals surface area contributed by atoms with Crippen LogP contribution in [0.25, 0.3) is 0 Å². The number of anilines is 1. The minimum absolute atomic E-state index is 0.214. The summed E-state index contributed by atoms with van der Waals surface area (Å²) < 4.78 is 30.4. The lowest BCUT2D eigenvalue weighted by Gasteiger charge is -2.22. The number of nitrogens with zero attached hydrogens (tertiary/aromatic N) is 1. The van der Waals surface area contributed by atoms with Gasteiger partial charge in [0.15, 0.2) is 0 Å². The molecular weight excluding hydrogens is 423 g/mol. The van der Waals surface area contributed by atoms with E-state index in [1.165, 1.54) is 18.2 Å². The Morgan fingerprint density at radius 3 is 2.54 bits per heavy atom. The molecule has 0 aliphatic rings. The van der Waals surface area contributed by atoms with Crippen LogP contribution in [0.3, 0.4) is 0 Å². The van der Waals surface area contributed by atoms with Crippen molar-refractivity contribution in [1.29, 1.82) is 0 Å². The van der Waals surface area contributed by atoms with Crippen LogP contribution >= 0.6 is 23.2 Å². The molecule has 0 spiro atoms. The van der Waals surface area contributed by atoms with Crippen molar-refractivity contribution >= 4 is 44.8 Å². The van der Waals surface area contributed by atoms with E-state index < -0.39 is 15.9 Å². The molecule has 0 aliphatic carbocycles. The average molecular weight is 445 g/mol. The SMILES string of the molecule is COc1cccc(CCCNC(=O)CN(c2ccc(Cl)c(Cl)c2)S(C)(=O)=O)c1. The maximum Gasteiger partial charge on any atom is 0.240 e. The monoisotopic (exact) mass is 444 g/mol. The fourth-order valence-corrected chi connectivity index (χ4v) is 3.72. The smallest absolute Gasteiger partial charge is 0.240 e. The number of halogens is 2. The van der Waals surface area contributed by atoms with Crippen LogP contribution in [0.15, 0.2) is 42.5 Å². The lowest BCUT2D eigenvalue weighted by atomic mass is 10.1. The fourth-order valence-electron chi connectivity index (χ4n) is 2.57. The van der Waals surface area contributed by atoms with E-state index in [1.54, 1.807) is 7.11 Å². The van der Waals surface area contributed by atoms with Crippen LogP contribution < -0.4 is 14.4 Å². The largest absolute Gasteiger partial charge is 0.497 e. The lowest BCUT2D eigenvalue weighted by molar-refractivity contribution is -0.119. The van der Waals surface area contributed by atoms with Crippen LogP contribution in [0, 0.1) is 0 Å². The molecular formula is C19H22Cl2N2O4S. The highest BCUT2D eigenvalue weighted by Crippen LogP contribution is 2.28. The lowest BCUT2D eigenvalue weighted by Crippen LogP contribution is -2.40. The molecule has 0 radical (unpaired) electrons. The van der Waals surface area contributed by atoms with Crippen molar-refractivity contribution < 1.29 is 17.9 Å². The van der Waals surface area contributed by atoms with E-state index in [4.69, 9.17) is 27.9 Å². The Morgan fingerprint density at radius 2 is 1.89 bits per heavy atom. The van der Waals surface area contributed by atoms with E-state index in [1.807, 2.05) is 24.3 Å². The summed E-state index contributed by atoms with van der Waals surface area (Å²) in [4.78, 5) is 12.2. The summed E-state index contributed by atoms with van der Waals surface area (Å²) in [7, 11) is -2.06. The van der Waals surface area contributed by atoms with Crippen molar-refractivity contribution in [3.8, 4) is 5.75 Å². The van der Waals surface area contributed by atoms with Gasteiger partial charge in [0.05, 0.1) is 29.1 Å². The van der Waals surface area contributed by atoms with Gasteiger partial charge in [0.1, 0.15) is 12.3 Å². The van der Waals surface area contributed by atoms with Gasteiger partial charge in [-0.05, 0) is 48.7 Å². The van der Waals surface area contributed by atoms with Crippen LogP contribution in [-0.2, 0) is 21.2 Å². The van der Waals surface area contributed by atoms with Crippen molar-refractivity contribution in [2.75, 3.05) is 30.8 Å². The van der Waals surface area contributed by atoms with Crippen molar-refractivity contribution in [3.63, 3.8) is 0 Å². The second-order valence-electron chi connectivity index (χ2n) is 6.17. The maximum absolute atomic E-state index is 12.2. The predicted molar refractivity (Wildman–Crippen MR) is 113 cm³/mol. The van der Waals surface area contributed by atoms with E-state index >= 15 is 0 Å². The Kier molecular flexibility index (Phi) is 7.98. The van der Waals surface area contributed by atoms with Gasteiger partial charge < -0.3 is 10.1 Å². The number of methoxy groups -OCH3 is 1. The summed E-state index contributed by atoms with van der Waals surface area (Å²) in [6.45, 7) is 0.0883. The number of ether oxygens (including phenoxy) is 1. The van der Waals surface area contributed by atoms with Crippen LogP contribution in [0.4, 0.5) is 5.69 Å². The quantitative estimate of drug-likeness (QED) is 0.600. The first kappa shape index (κ1) is 22.3. The second-order valence-corrected chi connectivity index (χ2v) is 8.89. The molecule has 0 fully saturated rings. The Bertz CT molecular complexity index is 935. The van der Waals surface area contributed by atoms with E-state index in [2.05, 4.69) is 5.32 Å². The summed E-state index contributed by atoms with van der Waals surface area (Å²) >= 11 is 11.8. The molecule has 2 aromatic rings. The van der Waals surface area contributed by atoms with Gasteiger partial charge in [-0.25, -0.2) is 8.42 Å². The number of rotatable bonds is 9. The van der Waals surface area contributed by atoms with Crippen molar-refractivity contribution in [3.05, 3.63) is 58.1 Å². The minimum Gasteiger partial charge on any atom is -0.497 e. The first-order chi connectivity index (χ1) is 13.2. The Hall–Kier alpha value is -1.96. The normalized spacial score (nSPS) is 11.1. The molecule has 2 aromatic carbocycles. The molecule has 0 saturated heterocycles. The Morgan fingerprint density at radius 1 is 1.14 bits per heavy atom. The summed E-state index contributed by atoms with van der Waals surface area (Å²) in [5.41, 5.74) is 1.38. The molecule has 0 saturated carbocycles. The number of carbonyl (C=O) groups is 1. The first-order valence-corrected chi connectivity index (χ1v) is 11.1. The second kappa shape index (κ2) is 10.0. The summed E-state index contributed by atoms with van der Waals surface area (Å²) in [5.74, 6) is 0.383. The number of carbonyl (C=O) groups excluding carboxylic acids is 1. The molecule has 1 amide bonds. The van der Waals surface area contributed by atoms with Crippen LogP contribution in [0.2, 0.25) is 10.0 Å². The van der Waals surface area contributed by atoms with Gasteiger partial charge >= 0.3 is 0 Å². The number of nitrogens with one attached hydrogen (secondary N) is 1. The molecule has 6 nitrogen and oxygen atoms in total. The number of aryl methyl sites for hydroxylation is 1. The fraction of sp³-hybridized carbons (Fsp3) is 0.316. The third kappa shape index (κ3) is 6.58. The number of amides is 1. The molecule has 152 valence electrons. The summed E-state index contributed by atoms with van der Waals surface area (Å²) in [5, 5.41) is 3.27. The molecule has 1 N–H and O–H groups in total. The van der Waals surface area contributed by atoms with E-state index in [0.29, 0.717) is 18.0 Å². The van der Waals surface area contributed by atoms with Crippen molar-refractivity contribution in [1.82, 2.24) is 5.32 Å². The van der Waals surface area contributed by atoms with Crippen LogP contribution in [0.5, 0.6) is 5.75 Å². The number of hydrogen-bond donors (Lipinski definition) is 1. The van der Waals surface area contributed by atoms with Crippen molar-refractivity contribution in [2.24, 2.45) is 0 Å². The highest BCUT2D eigenvalue weighted by Gasteiger charge is 2.21. The molecule has 0 bridgehead atoms. The molecule has 0 heterocycles. The van der Waals surface area contributed by atoms with Gasteiger partial charge in [-0.1, -0.05) is 35.3 Å². The number of benzene rings is 2. The topological polar surface area (TPSA) is 75.7 Å². The van der Waals surface area contributed by atoms with Gasteiger partial charge in [-0.2, -0.15) is 0 Å². The number of hydrogen-bond acceptors (Lipinski definition) is 4. The molecule has 28 heavy (non-hydrogen) atoms. The van der Waals surface area contributed by atoms with Gasteiger partial charge in [0.25, 0.3) is 0 Å². The number of sulfonamides is 1. The average Bonchev–Trinajstić information content (AvgIpc) is 2.65. The zero-order valence-electron chi connectivity index (χ0n) is 15.6. The standard InChI is InChI=1S/C19H22Cl2N2O4S/c1-27-16-7-3-5-14(11-16)6-4-10-22-19(24)13-23(28(2,25)26)15-8-9-17(20)18(21)12-15/h3,5,7-9,11-12H,4,6,10,13H2,1-2H3,(H,22,24). The van der Waals surface area contributed by atoms with E-state index in [-0.39, 0.29) is 17.3 Å². The third-order valence-corrected chi connectivity index (χ3v) is 5.86. The molecule has 0 aromatic heterocycles. The van der Waals surface area contributed by atoms with Gasteiger partial charge in [-0.3, -0.25) is 9.10 Å². The van der Waals surface area contributed by atoms with Gasteiger partial charge in [0.2, 0.25) is 15.9 Å². The molecule has 0 aliphatic heterocycles. The Labute approximate surface area is 175 Å². The minimum atomic E-state index is -3.67. The van der Waals surface area contributed by atoms with Gasteiger partial charge in [-0.15, -0.1) is 0 Å². The van der Waals surface area contributed by atoms with E-state index in [0.717, 1.165) is 28.3 Å². The predicted octanol–water partition coefficient (Wildman–Crippen LogP) is 3.52. The zero-order chi connectivity index (χ0) is 20.7. The van der Waals surface area contributed by atoms with Crippen LogP contribution in [-0.4, -0.2) is 40.8 Å². The molecule has 2 rings (SSSR count). The third-order valence-electron chi connectivity index (χ3n) is 3.98. The summed E-state index contributed by atoms with van der Waals surface area (Å²) in [6.07, 6.45) is 2.51. The first-order valence-electron chi connectivity index (χ1n) is 8.53. The zero-order valence-corrected chi connectivity index (χ0v) is 17.9. The Balaban J connectivity index is 1.92. The van der Waals surface area contributed by atoms with Gasteiger partial charge in [0, 0.05) is 6.54 Å². The maximum atomic E-state index is 12.2. The molecule has 0 atom stereocenters. The summed E-state index contributed by atoms with van der Waals surface area (Å²) in [6, 6.07) is 12.1. The molecule has 9 heteroatoms. The van der Waals surface area contributed by atoms with Crippen molar-refractivity contribution in [2.45, 2.75) is 12.8 Å². The highest BCUT2D eigenvalue weighted by atomic mass is 35.5. The molecule has 0 unspecified atom stereocenters. The van der Waals surface area contributed by atoms with E-state index in [9.17, 15) is 13.2 Å². The van der Waals surface area contributed by atoms with Crippen LogP contribution in [0.1, 0.15) is 12.0 Å². The highest BCUT2D eigenvalue weighted by molar-refractivity contribution is 7.92.